The number of hydrogen-bond donors (Lipinski definition) is 3. The van der Waals surface area contributed by atoms with Crippen molar-refractivity contribution in [3.05, 3.63) is 12.2 Å². The first-order valence-corrected chi connectivity index (χ1v) is 16.1. The normalized spacial score (nSPS) is 23.1. The summed E-state index contributed by atoms with van der Waals surface area (Å²) in [6.07, 6.45) is -4.28. The molecular formula is C32H48F3N3O11. The standard InChI is InChI=1S/C32H48F3N3O11/c1-8-47-26(44)31(38(27(45)48-29(2,3)4)28(46)49-30(5,6)7)17-19(31)14-12-10-9-11-13-15-21(36-25(43)32(33,34)35)23(40)37-18-20(39)16-22(37)24(41)42/h12,14,19-22,39H,8-11,13,15-18H2,1-7H3,(H,36,43)(H,41,42)/t19-,20-,21+,22+,31-/m1/s1. The number of nitrogens with zero attached hydrogens (tertiary/aromatic N) is 2. The molecule has 17 heteroatoms. The van der Waals surface area contributed by atoms with E-state index in [0.717, 1.165) is 4.90 Å². The van der Waals surface area contributed by atoms with Crippen molar-refractivity contribution in [1.82, 2.24) is 15.1 Å². The van der Waals surface area contributed by atoms with Crippen LogP contribution in [0, 0.1) is 5.92 Å². The third kappa shape index (κ3) is 11.6. The summed E-state index contributed by atoms with van der Waals surface area (Å²) in [5, 5.41) is 20.9. The zero-order chi connectivity index (χ0) is 37.5. The number of esters is 1. The third-order valence-electron chi connectivity index (χ3n) is 7.60. The van der Waals surface area contributed by atoms with Crippen LogP contribution in [0.2, 0.25) is 0 Å². The predicted octanol–water partition coefficient (Wildman–Crippen LogP) is 4.08. The Balaban J connectivity index is 2.12. The van der Waals surface area contributed by atoms with Crippen molar-refractivity contribution >= 4 is 35.9 Å². The number of rotatable bonds is 13. The van der Waals surface area contributed by atoms with Crippen molar-refractivity contribution in [2.45, 2.75) is 135 Å². The number of carbonyl (C=O) groups is 6. The highest BCUT2D eigenvalue weighted by atomic mass is 19.4. The van der Waals surface area contributed by atoms with E-state index in [-0.39, 0.29) is 32.3 Å². The second kappa shape index (κ2) is 16.2. The second-order valence-electron chi connectivity index (χ2n) is 14.1. The molecule has 1 heterocycles. The number of imide groups is 1. The van der Waals surface area contributed by atoms with Crippen LogP contribution in [0.1, 0.15) is 93.4 Å². The van der Waals surface area contributed by atoms with Gasteiger partial charge in [-0.1, -0.05) is 25.0 Å². The van der Waals surface area contributed by atoms with Crippen LogP contribution >= 0.6 is 0 Å². The van der Waals surface area contributed by atoms with Gasteiger partial charge in [0, 0.05) is 18.9 Å². The molecule has 2 rings (SSSR count). The number of allylic oxidation sites excluding steroid dienone is 1. The Morgan fingerprint density at radius 3 is 2.04 bits per heavy atom. The van der Waals surface area contributed by atoms with Crippen LogP contribution in [0.15, 0.2) is 12.2 Å². The summed E-state index contributed by atoms with van der Waals surface area (Å²) >= 11 is 0. The number of aliphatic hydroxyl groups is 1. The van der Waals surface area contributed by atoms with Gasteiger partial charge in [0.15, 0.2) is 5.54 Å². The van der Waals surface area contributed by atoms with Gasteiger partial charge in [0.05, 0.1) is 12.7 Å². The summed E-state index contributed by atoms with van der Waals surface area (Å²) in [5.41, 5.74) is -3.71. The number of carbonyl (C=O) groups excluding carboxylic acids is 5. The Kier molecular flexibility index (Phi) is 13.7. The Hall–Kier alpha value is -3.89. The minimum atomic E-state index is -5.27. The van der Waals surface area contributed by atoms with Gasteiger partial charge in [-0.05, 0) is 74.1 Å². The summed E-state index contributed by atoms with van der Waals surface area (Å²) in [4.78, 5) is 77.4. The number of nitrogens with one attached hydrogen (secondary N) is 1. The highest BCUT2D eigenvalue weighted by Crippen LogP contribution is 2.51. The third-order valence-corrected chi connectivity index (χ3v) is 7.60. The molecule has 3 N–H and O–H groups in total. The van der Waals surface area contributed by atoms with E-state index >= 15 is 0 Å². The number of amides is 4. The van der Waals surface area contributed by atoms with Crippen LogP contribution in [-0.4, -0.2) is 110 Å². The lowest BCUT2D eigenvalue weighted by molar-refractivity contribution is -0.175. The van der Waals surface area contributed by atoms with Gasteiger partial charge in [-0.25, -0.2) is 19.2 Å². The number of β-amino-alcohol motifs (C(OH)–C–C–N with tert-alkyl or cyclic N) is 1. The van der Waals surface area contributed by atoms with Crippen LogP contribution in [0.3, 0.4) is 0 Å². The van der Waals surface area contributed by atoms with Gasteiger partial charge in [-0.3, -0.25) is 9.59 Å². The molecule has 0 aromatic heterocycles. The number of carboxylic acid groups (broad SMARTS) is 1. The van der Waals surface area contributed by atoms with Crippen LogP contribution in [0.4, 0.5) is 22.8 Å². The van der Waals surface area contributed by atoms with Gasteiger partial charge in [0.2, 0.25) is 5.91 Å². The first-order valence-electron chi connectivity index (χ1n) is 16.1. The summed E-state index contributed by atoms with van der Waals surface area (Å²) in [6, 6.07) is -3.11. The van der Waals surface area contributed by atoms with Crippen molar-refractivity contribution in [1.29, 1.82) is 0 Å². The van der Waals surface area contributed by atoms with Crippen LogP contribution < -0.4 is 5.32 Å². The first kappa shape index (κ1) is 41.3. The molecular weight excluding hydrogens is 659 g/mol. The fraction of sp³-hybridized carbons (Fsp3) is 0.750. The molecule has 2 fully saturated rings. The number of likely N-dealkylation sites (tertiary alicyclic amines) is 1. The minimum Gasteiger partial charge on any atom is -0.480 e. The molecule has 1 saturated carbocycles. The molecule has 1 aliphatic carbocycles. The fourth-order valence-corrected chi connectivity index (χ4v) is 5.40. The Bertz CT molecular complexity index is 1250. The molecule has 0 spiro atoms. The molecule has 49 heavy (non-hydrogen) atoms. The second-order valence-corrected chi connectivity index (χ2v) is 14.1. The quantitative estimate of drug-likeness (QED) is 0.108. The monoisotopic (exact) mass is 707 g/mol. The smallest absolute Gasteiger partial charge is 0.471 e. The molecule has 1 saturated heterocycles. The van der Waals surface area contributed by atoms with Crippen molar-refractivity contribution in [3.8, 4) is 0 Å². The summed E-state index contributed by atoms with van der Waals surface area (Å²) in [5.74, 6) is -6.26. The van der Waals surface area contributed by atoms with Crippen LogP contribution in [0.5, 0.6) is 0 Å². The Labute approximate surface area is 283 Å². The highest BCUT2D eigenvalue weighted by Gasteiger charge is 2.69. The van der Waals surface area contributed by atoms with Crippen LogP contribution in [-0.2, 0) is 33.4 Å². The van der Waals surface area contributed by atoms with E-state index in [0.29, 0.717) is 24.2 Å². The lowest BCUT2D eigenvalue weighted by atomic mass is 10.0. The average molecular weight is 708 g/mol. The van der Waals surface area contributed by atoms with Crippen molar-refractivity contribution in [2.75, 3.05) is 13.2 Å². The molecule has 278 valence electrons. The van der Waals surface area contributed by atoms with E-state index in [2.05, 4.69) is 0 Å². The van der Waals surface area contributed by atoms with Crippen LogP contribution in [0.25, 0.3) is 0 Å². The van der Waals surface area contributed by atoms with E-state index in [1.807, 2.05) is 0 Å². The number of carboxylic acids is 1. The average Bonchev–Trinajstić information content (AvgIpc) is 3.50. The maximum Gasteiger partial charge on any atom is 0.471 e. The maximum atomic E-state index is 13.3. The molecule has 0 aromatic carbocycles. The lowest BCUT2D eigenvalue weighted by Crippen LogP contribution is -2.55. The summed E-state index contributed by atoms with van der Waals surface area (Å²) in [6.45, 7) is 10.8. The summed E-state index contributed by atoms with van der Waals surface area (Å²) in [7, 11) is 0. The number of alkyl halides is 3. The van der Waals surface area contributed by atoms with E-state index in [9.17, 15) is 52.2 Å². The molecule has 0 bridgehead atoms. The largest absolute Gasteiger partial charge is 0.480 e. The zero-order valence-corrected chi connectivity index (χ0v) is 28.9. The topological polar surface area (TPSA) is 189 Å². The number of ether oxygens (including phenoxy) is 3. The highest BCUT2D eigenvalue weighted by molar-refractivity contribution is 5.99. The van der Waals surface area contributed by atoms with Gasteiger partial charge in [0.1, 0.15) is 23.3 Å². The van der Waals surface area contributed by atoms with Gasteiger partial charge in [-0.2, -0.15) is 18.1 Å². The van der Waals surface area contributed by atoms with E-state index in [1.54, 1.807) is 65.9 Å². The first-order chi connectivity index (χ1) is 22.4. The predicted molar refractivity (Wildman–Crippen MR) is 166 cm³/mol. The van der Waals surface area contributed by atoms with Crippen molar-refractivity contribution < 1.29 is 66.4 Å². The van der Waals surface area contributed by atoms with E-state index in [4.69, 9.17) is 14.2 Å². The Morgan fingerprint density at radius 2 is 1.55 bits per heavy atom. The maximum absolute atomic E-state index is 13.3. The SMILES string of the molecule is CCOC(=O)[C@@]1(N(C(=O)OC(C)(C)C)C(=O)OC(C)(C)C)C[C@H]1C=CCCCCC[C@H](NC(=O)C(F)(F)F)C(=O)N1C[C@H](O)C[C@H]1C(=O)O. The van der Waals surface area contributed by atoms with Gasteiger partial charge >= 0.3 is 36.2 Å². The Morgan fingerprint density at radius 1 is 0.980 bits per heavy atom. The zero-order valence-electron chi connectivity index (χ0n) is 28.9. The van der Waals surface area contributed by atoms with Gasteiger partial charge in [0.25, 0.3) is 0 Å². The molecule has 1 aliphatic heterocycles. The van der Waals surface area contributed by atoms with Crippen molar-refractivity contribution in [3.63, 3.8) is 0 Å². The summed E-state index contributed by atoms with van der Waals surface area (Å²) < 4.78 is 55.1. The number of unbranched alkanes of at least 4 members (excludes halogenated alkanes) is 3. The number of halogens is 3. The molecule has 0 aromatic rings. The number of aliphatic hydroxyl groups excluding tert-OH is 1. The van der Waals surface area contributed by atoms with Gasteiger partial charge < -0.3 is 34.6 Å². The van der Waals surface area contributed by atoms with Crippen molar-refractivity contribution in [2.24, 2.45) is 5.92 Å². The van der Waals surface area contributed by atoms with E-state index < -0.39 is 89.5 Å². The molecule has 0 unspecified atom stereocenters. The van der Waals surface area contributed by atoms with E-state index in [1.165, 1.54) is 0 Å². The molecule has 0 radical (unpaired) electrons. The fourth-order valence-electron chi connectivity index (χ4n) is 5.40. The lowest BCUT2D eigenvalue weighted by Gasteiger charge is -2.33. The molecule has 14 nitrogen and oxygen atoms in total. The molecule has 5 atom stereocenters. The minimum absolute atomic E-state index is 0.0181. The molecule has 2 aliphatic rings. The number of hydrogen-bond acceptors (Lipinski definition) is 10. The van der Waals surface area contributed by atoms with Gasteiger partial charge in [-0.15, -0.1) is 0 Å². The number of aliphatic carboxylic acids is 1. The molecule has 4 amide bonds.